The molecule has 0 spiro atoms. The zero-order valence-electron chi connectivity index (χ0n) is 15.8. The second-order valence-corrected chi connectivity index (χ2v) is 19.7. The molecule has 0 unspecified atom stereocenters. The van der Waals surface area contributed by atoms with E-state index >= 15 is 0 Å². The van der Waals surface area contributed by atoms with Crippen LogP contribution in [0.3, 0.4) is 0 Å². The molecule has 0 saturated carbocycles. The van der Waals surface area contributed by atoms with Gasteiger partial charge in [-0.15, -0.1) is 0 Å². The molecule has 0 aliphatic rings. The Morgan fingerprint density at radius 1 is 0.792 bits per heavy atom. The second kappa shape index (κ2) is 8.62. The number of ether oxygens (including phenoxy) is 2. The van der Waals surface area contributed by atoms with Crippen molar-refractivity contribution < 1.29 is 19.1 Å². The molecule has 24 heavy (non-hydrogen) atoms. The van der Waals surface area contributed by atoms with E-state index in [1.807, 2.05) is 0 Å². The molecule has 0 N–H and O–H groups in total. The van der Waals surface area contributed by atoms with Crippen LogP contribution in [0.15, 0.2) is 24.3 Å². The lowest BCUT2D eigenvalue weighted by atomic mass is 10.1. The molecule has 0 bridgehead atoms. The summed E-state index contributed by atoms with van der Waals surface area (Å²) in [5.41, 5.74) is 0.787. The smallest absolute Gasteiger partial charge is 0.338 e. The van der Waals surface area contributed by atoms with Crippen LogP contribution in [0.2, 0.25) is 51.4 Å². The van der Waals surface area contributed by atoms with Gasteiger partial charge in [0.05, 0.1) is 24.3 Å². The van der Waals surface area contributed by atoms with E-state index in [0.29, 0.717) is 24.3 Å². The quantitative estimate of drug-likeness (QED) is 0.495. The summed E-state index contributed by atoms with van der Waals surface area (Å²) in [6.07, 6.45) is 0. The van der Waals surface area contributed by atoms with Crippen molar-refractivity contribution in [1.29, 1.82) is 0 Å². The van der Waals surface area contributed by atoms with E-state index in [9.17, 15) is 9.59 Å². The molecule has 0 aromatic heterocycles. The summed E-state index contributed by atoms with van der Waals surface area (Å²) in [7, 11) is -2.46. The van der Waals surface area contributed by atoms with E-state index in [4.69, 9.17) is 9.47 Å². The van der Waals surface area contributed by atoms with Gasteiger partial charge in [0.2, 0.25) is 0 Å². The van der Waals surface area contributed by atoms with E-state index in [0.717, 1.165) is 12.1 Å². The van der Waals surface area contributed by atoms with Crippen LogP contribution in [0.5, 0.6) is 0 Å². The third-order valence-electron chi connectivity index (χ3n) is 3.50. The van der Waals surface area contributed by atoms with Gasteiger partial charge in [0.1, 0.15) is 0 Å². The summed E-state index contributed by atoms with van der Waals surface area (Å²) >= 11 is 0. The van der Waals surface area contributed by atoms with Gasteiger partial charge in [-0.25, -0.2) is 9.59 Å². The second-order valence-electron chi connectivity index (χ2n) is 8.47. The number of rotatable bonds is 8. The molecule has 0 atom stereocenters. The van der Waals surface area contributed by atoms with Crippen molar-refractivity contribution in [1.82, 2.24) is 0 Å². The van der Waals surface area contributed by atoms with Crippen molar-refractivity contribution in [3.63, 3.8) is 0 Å². The third-order valence-corrected chi connectivity index (χ3v) is 6.91. The Kier molecular flexibility index (Phi) is 7.41. The minimum atomic E-state index is -1.23. The first-order valence-corrected chi connectivity index (χ1v) is 15.8. The minimum absolute atomic E-state index is 0.384. The third kappa shape index (κ3) is 8.45. The molecule has 1 aromatic carbocycles. The van der Waals surface area contributed by atoms with Crippen LogP contribution in [0.1, 0.15) is 20.7 Å². The van der Waals surface area contributed by atoms with Crippen molar-refractivity contribution >= 4 is 28.1 Å². The summed E-state index contributed by atoms with van der Waals surface area (Å²) in [6.45, 7) is 14.3. The van der Waals surface area contributed by atoms with Crippen LogP contribution in [-0.2, 0) is 9.47 Å². The van der Waals surface area contributed by atoms with Gasteiger partial charge in [-0.05, 0) is 30.3 Å². The molecule has 0 saturated heterocycles. The van der Waals surface area contributed by atoms with Gasteiger partial charge in [0.25, 0.3) is 0 Å². The van der Waals surface area contributed by atoms with Crippen LogP contribution in [0.25, 0.3) is 0 Å². The summed E-state index contributed by atoms with van der Waals surface area (Å²) in [5.74, 6) is -0.769. The molecule has 6 heteroatoms. The molecule has 0 aliphatic heterocycles. The molecule has 134 valence electrons. The van der Waals surface area contributed by atoms with Gasteiger partial charge < -0.3 is 9.47 Å². The lowest BCUT2D eigenvalue weighted by Gasteiger charge is -2.16. The molecule has 0 fully saturated rings. The largest absolute Gasteiger partial charge is 0.462 e. The average Bonchev–Trinajstić information content (AvgIpc) is 2.44. The molecule has 1 rings (SSSR count). The van der Waals surface area contributed by atoms with E-state index < -0.39 is 16.1 Å². The van der Waals surface area contributed by atoms with Gasteiger partial charge in [-0.1, -0.05) is 45.3 Å². The topological polar surface area (TPSA) is 52.6 Å². The van der Waals surface area contributed by atoms with Crippen LogP contribution in [0.4, 0.5) is 0 Å². The standard InChI is InChI=1S/C18H30O4Si2/c1-23(2,3)12-10-21-17(19)15-8-7-9-16(14-15)18(20)22-11-13-24(4,5)6/h7-9,14H,10-13H2,1-6H3. The van der Waals surface area contributed by atoms with Crippen molar-refractivity contribution in [2.75, 3.05) is 13.2 Å². The first-order chi connectivity index (χ1) is 11.0. The molecular weight excluding hydrogens is 336 g/mol. The highest BCUT2D eigenvalue weighted by molar-refractivity contribution is 6.76. The highest BCUT2D eigenvalue weighted by atomic mass is 28.3. The molecule has 1 aromatic rings. The van der Waals surface area contributed by atoms with Crippen molar-refractivity contribution in [2.24, 2.45) is 0 Å². The lowest BCUT2D eigenvalue weighted by molar-refractivity contribution is 0.0524. The Morgan fingerprint density at radius 2 is 1.17 bits per heavy atom. The van der Waals surface area contributed by atoms with Crippen molar-refractivity contribution in [3.05, 3.63) is 35.4 Å². The maximum absolute atomic E-state index is 12.1. The highest BCUT2D eigenvalue weighted by Gasteiger charge is 2.17. The zero-order chi connectivity index (χ0) is 18.4. The Morgan fingerprint density at radius 3 is 1.50 bits per heavy atom. The van der Waals surface area contributed by atoms with E-state index in [2.05, 4.69) is 39.3 Å². The molecule has 0 radical (unpaired) electrons. The fourth-order valence-corrected chi connectivity index (χ4v) is 3.27. The van der Waals surface area contributed by atoms with Crippen molar-refractivity contribution in [3.8, 4) is 0 Å². The average molecular weight is 367 g/mol. The Hall–Kier alpha value is -1.41. The predicted molar refractivity (Wildman–Crippen MR) is 103 cm³/mol. The van der Waals surface area contributed by atoms with Crippen LogP contribution >= 0.6 is 0 Å². The number of carbonyl (C=O) groups is 2. The highest BCUT2D eigenvalue weighted by Crippen LogP contribution is 2.13. The van der Waals surface area contributed by atoms with Gasteiger partial charge >= 0.3 is 11.9 Å². The van der Waals surface area contributed by atoms with Gasteiger partial charge in [0.15, 0.2) is 0 Å². The molecule has 0 heterocycles. The summed E-state index contributed by atoms with van der Waals surface area (Å²) in [6, 6.07) is 8.41. The predicted octanol–water partition coefficient (Wildman–Crippen LogP) is 4.68. The minimum Gasteiger partial charge on any atom is -0.462 e. The number of hydrogen-bond donors (Lipinski definition) is 0. The number of esters is 2. The SMILES string of the molecule is C[Si](C)(C)CCOC(=O)c1cccc(C(=O)OCC[Si](C)(C)C)c1. The monoisotopic (exact) mass is 366 g/mol. The molecule has 4 nitrogen and oxygen atoms in total. The summed E-state index contributed by atoms with van der Waals surface area (Å²) < 4.78 is 10.6. The van der Waals surface area contributed by atoms with Gasteiger partial charge in [-0.2, -0.15) is 0 Å². The Bertz CT molecular complexity index is 524. The first kappa shape index (κ1) is 20.6. The Balaban J connectivity index is 2.59. The van der Waals surface area contributed by atoms with Crippen LogP contribution < -0.4 is 0 Å². The van der Waals surface area contributed by atoms with Crippen molar-refractivity contribution in [2.45, 2.75) is 51.4 Å². The number of carbonyl (C=O) groups excluding carboxylic acids is 2. The Labute approximate surface area is 147 Å². The van der Waals surface area contributed by atoms with E-state index in [1.54, 1.807) is 24.3 Å². The van der Waals surface area contributed by atoms with Crippen LogP contribution in [-0.4, -0.2) is 41.3 Å². The van der Waals surface area contributed by atoms with E-state index in [-0.39, 0.29) is 11.9 Å². The normalized spacial score (nSPS) is 11.9. The summed E-state index contributed by atoms with van der Waals surface area (Å²) in [4.78, 5) is 24.2. The maximum atomic E-state index is 12.1. The fraction of sp³-hybridized carbons (Fsp3) is 0.556. The molecule has 0 amide bonds. The van der Waals surface area contributed by atoms with Gasteiger partial charge in [-0.3, -0.25) is 0 Å². The summed E-state index contributed by atoms with van der Waals surface area (Å²) in [5, 5.41) is 0. The van der Waals surface area contributed by atoms with Crippen LogP contribution in [0, 0.1) is 0 Å². The molecular formula is C18H30O4Si2. The first-order valence-electron chi connectivity index (χ1n) is 8.42. The zero-order valence-corrected chi connectivity index (χ0v) is 17.8. The van der Waals surface area contributed by atoms with Gasteiger partial charge in [0, 0.05) is 16.1 Å². The lowest BCUT2D eigenvalue weighted by Crippen LogP contribution is -2.23. The fourth-order valence-electron chi connectivity index (χ4n) is 1.84. The molecule has 0 aliphatic carbocycles. The number of benzene rings is 1. The maximum Gasteiger partial charge on any atom is 0.338 e. The number of hydrogen-bond acceptors (Lipinski definition) is 4. The van der Waals surface area contributed by atoms with E-state index in [1.165, 1.54) is 0 Å².